The summed E-state index contributed by atoms with van der Waals surface area (Å²) in [6.45, 7) is 4.72. The van der Waals surface area contributed by atoms with Crippen molar-refractivity contribution in [1.82, 2.24) is 0 Å². The van der Waals surface area contributed by atoms with Crippen molar-refractivity contribution in [2.75, 3.05) is 25.1 Å². The minimum absolute atomic E-state index is 0.147. The molecule has 0 aliphatic heterocycles. The smallest absolute Gasteiger partial charge is 0.414 e. The number of carbonyl (C=O) groups excluding carboxylic acids is 1. The number of methoxy groups -OCH3 is 1. The molecule has 0 atom stereocenters. The lowest BCUT2D eigenvalue weighted by Crippen LogP contribution is -2.34. The molecule has 0 heterocycles. The van der Waals surface area contributed by atoms with Crippen LogP contribution in [0.2, 0.25) is 0 Å². The first-order valence-electron chi connectivity index (χ1n) is 6.40. The van der Waals surface area contributed by atoms with E-state index in [2.05, 4.69) is 0 Å². The molecule has 19 heavy (non-hydrogen) atoms. The highest BCUT2D eigenvalue weighted by Crippen LogP contribution is 2.20. The number of nitrogens with two attached hydrogens (primary N) is 1. The predicted molar refractivity (Wildman–Crippen MR) is 75.6 cm³/mol. The van der Waals surface area contributed by atoms with E-state index in [0.717, 1.165) is 17.9 Å². The number of amides is 1. The van der Waals surface area contributed by atoms with Crippen molar-refractivity contribution in [1.29, 1.82) is 0 Å². The largest absolute Gasteiger partial charge is 0.497 e. The van der Waals surface area contributed by atoms with Crippen LogP contribution in [0, 0.1) is 0 Å². The highest BCUT2D eigenvalue weighted by molar-refractivity contribution is 5.87. The molecule has 2 N–H and O–H groups in total. The van der Waals surface area contributed by atoms with Crippen molar-refractivity contribution >= 4 is 11.8 Å². The SMILES string of the molecule is COc1ccc(N(CCCN)C(=O)OC(C)C)cc1. The van der Waals surface area contributed by atoms with Gasteiger partial charge in [-0.15, -0.1) is 0 Å². The van der Waals surface area contributed by atoms with Gasteiger partial charge in [-0.2, -0.15) is 0 Å². The van der Waals surface area contributed by atoms with Gasteiger partial charge in [0.15, 0.2) is 0 Å². The van der Waals surface area contributed by atoms with Gasteiger partial charge in [-0.25, -0.2) is 4.79 Å². The molecule has 0 fully saturated rings. The molecule has 0 bridgehead atoms. The summed E-state index contributed by atoms with van der Waals surface area (Å²) in [4.78, 5) is 13.6. The monoisotopic (exact) mass is 266 g/mol. The van der Waals surface area contributed by atoms with E-state index in [1.54, 1.807) is 12.0 Å². The first-order valence-corrected chi connectivity index (χ1v) is 6.40. The Bertz CT molecular complexity index is 390. The first kappa shape index (κ1) is 15.3. The van der Waals surface area contributed by atoms with Crippen LogP contribution in [0.3, 0.4) is 0 Å². The Hall–Kier alpha value is -1.75. The number of carbonyl (C=O) groups is 1. The molecule has 1 rings (SSSR count). The van der Waals surface area contributed by atoms with Crippen LogP contribution in [0.4, 0.5) is 10.5 Å². The highest BCUT2D eigenvalue weighted by Gasteiger charge is 2.17. The molecule has 0 spiro atoms. The molecule has 106 valence electrons. The molecule has 0 radical (unpaired) electrons. The average molecular weight is 266 g/mol. The number of rotatable bonds is 6. The predicted octanol–water partition coefficient (Wildman–Crippen LogP) is 2.40. The summed E-state index contributed by atoms with van der Waals surface area (Å²) in [5.74, 6) is 0.750. The van der Waals surface area contributed by atoms with Gasteiger partial charge < -0.3 is 15.2 Å². The van der Waals surface area contributed by atoms with Gasteiger partial charge in [0.2, 0.25) is 0 Å². The van der Waals surface area contributed by atoms with E-state index in [1.165, 1.54) is 0 Å². The molecule has 0 unspecified atom stereocenters. The maximum atomic E-state index is 12.0. The van der Waals surface area contributed by atoms with Crippen molar-refractivity contribution in [3.8, 4) is 5.75 Å². The summed E-state index contributed by atoms with van der Waals surface area (Å²) in [7, 11) is 1.61. The van der Waals surface area contributed by atoms with Gasteiger partial charge in [-0.3, -0.25) is 4.90 Å². The third kappa shape index (κ3) is 4.79. The van der Waals surface area contributed by atoms with Crippen LogP contribution in [0.1, 0.15) is 20.3 Å². The van der Waals surface area contributed by atoms with E-state index in [9.17, 15) is 4.79 Å². The molecule has 0 saturated heterocycles. The second-order valence-electron chi connectivity index (χ2n) is 4.42. The quantitative estimate of drug-likeness (QED) is 0.858. The number of anilines is 1. The Balaban J connectivity index is 2.84. The molecular weight excluding hydrogens is 244 g/mol. The standard InChI is InChI=1S/C14H22N2O3/c1-11(2)19-14(17)16(10-4-9-15)12-5-7-13(18-3)8-6-12/h5-8,11H,4,9-10,15H2,1-3H3. The highest BCUT2D eigenvalue weighted by atomic mass is 16.6. The van der Waals surface area contributed by atoms with Gasteiger partial charge in [0, 0.05) is 12.2 Å². The lowest BCUT2D eigenvalue weighted by atomic mass is 10.2. The molecule has 1 aromatic rings. The second kappa shape index (κ2) is 7.63. The average Bonchev–Trinajstić information content (AvgIpc) is 2.39. The zero-order valence-electron chi connectivity index (χ0n) is 11.8. The van der Waals surface area contributed by atoms with Crippen molar-refractivity contribution in [3.05, 3.63) is 24.3 Å². The number of hydrogen-bond donors (Lipinski definition) is 1. The van der Waals surface area contributed by atoms with Crippen LogP contribution < -0.4 is 15.4 Å². The fraction of sp³-hybridized carbons (Fsp3) is 0.500. The third-order valence-corrected chi connectivity index (χ3v) is 2.53. The van der Waals surface area contributed by atoms with Crippen molar-refractivity contribution in [2.45, 2.75) is 26.4 Å². The van der Waals surface area contributed by atoms with Crippen LogP contribution in [-0.4, -0.2) is 32.4 Å². The maximum Gasteiger partial charge on any atom is 0.414 e. The Morgan fingerprint density at radius 3 is 2.42 bits per heavy atom. The summed E-state index contributed by atoms with van der Waals surface area (Å²) in [6.07, 6.45) is 0.221. The third-order valence-electron chi connectivity index (χ3n) is 2.53. The van der Waals surface area contributed by atoms with Crippen LogP contribution in [0.25, 0.3) is 0 Å². The minimum atomic E-state index is -0.353. The molecule has 0 aliphatic carbocycles. The number of ether oxygens (including phenoxy) is 2. The Morgan fingerprint density at radius 1 is 1.32 bits per heavy atom. The van der Waals surface area contributed by atoms with Crippen molar-refractivity contribution in [3.63, 3.8) is 0 Å². The van der Waals surface area contributed by atoms with Gasteiger partial charge in [0.25, 0.3) is 0 Å². The van der Waals surface area contributed by atoms with Gasteiger partial charge in [0.1, 0.15) is 5.75 Å². The topological polar surface area (TPSA) is 64.8 Å². The number of hydrogen-bond acceptors (Lipinski definition) is 4. The molecule has 0 saturated carbocycles. The Morgan fingerprint density at radius 2 is 1.95 bits per heavy atom. The lowest BCUT2D eigenvalue weighted by molar-refractivity contribution is 0.122. The van der Waals surface area contributed by atoms with Crippen molar-refractivity contribution in [2.24, 2.45) is 5.73 Å². The van der Waals surface area contributed by atoms with E-state index in [4.69, 9.17) is 15.2 Å². The van der Waals surface area contributed by atoms with E-state index >= 15 is 0 Å². The molecule has 5 heteroatoms. The summed E-state index contributed by atoms with van der Waals surface area (Å²) < 4.78 is 10.3. The summed E-state index contributed by atoms with van der Waals surface area (Å²) >= 11 is 0. The van der Waals surface area contributed by atoms with Gasteiger partial charge in [-0.05, 0) is 51.1 Å². The van der Waals surface area contributed by atoms with E-state index in [1.807, 2.05) is 38.1 Å². The molecule has 5 nitrogen and oxygen atoms in total. The van der Waals surface area contributed by atoms with Crippen LogP contribution in [0.15, 0.2) is 24.3 Å². The lowest BCUT2D eigenvalue weighted by Gasteiger charge is -2.23. The minimum Gasteiger partial charge on any atom is -0.497 e. The Labute approximate surface area is 114 Å². The maximum absolute atomic E-state index is 12.0. The second-order valence-corrected chi connectivity index (χ2v) is 4.42. The summed E-state index contributed by atoms with van der Waals surface area (Å²) in [5.41, 5.74) is 6.28. The molecule has 0 aliphatic rings. The van der Waals surface area contributed by atoms with Gasteiger partial charge in [0.05, 0.1) is 13.2 Å². The molecular formula is C14H22N2O3. The molecule has 0 aromatic heterocycles. The number of benzene rings is 1. The normalized spacial score (nSPS) is 10.4. The summed E-state index contributed by atoms with van der Waals surface area (Å²) in [5, 5.41) is 0. The summed E-state index contributed by atoms with van der Waals surface area (Å²) in [6, 6.07) is 7.29. The van der Waals surface area contributed by atoms with Crippen molar-refractivity contribution < 1.29 is 14.3 Å². The fourth-order valence-corrected chi connectivity index (χ4v) is 1.60. The van der Waals surface area contributed by atoms with Gasteiger partial charge in [-0.1, -0.05) is 0 Å². The number of nitrogens with zero attached hydrogens (tertiary/aromatic N) is 1. The van der Waals surface area contributed by atoms with Crippen LogP contribution in [0.5, 0.6) is 5.75 Å². The molecule has 1 amide bonds. The van der Waals surface area contributed by atoms with Crippen LogP contribution >= 0.6 is 0 Å². The van der Waals surface area contributed by atoms with Crippen LogP contribution in [-0.2, 0) is 4.74 Å². The first-order chi connectivity index (χ1) is 9.08. The van der Waals surface area contributed by atoms with E-state index < -0.39 is 0 Å². The molecule has 1 aromatic carbocycles. The Kier molecular flexibility index (Phi) is 6.15. The van der Waals surface area contributed by atoms with E-state index in [-0.39, 0.29) is 12.2 Å². The zero-order chi connectivity index (χ0) is 14.3. The van der Waals surface area contributed by atoms with Gasteiger partial charge >= 0.3 is 6.09 Å². The zero-order valence-corrected chi connectivity index (χ0v) is 11.8. The fourth-order valence-electron chi connectivity index (χ4n) is 1.60. The van der Waals surface area contributed by atoms with E-state index in [0.29, 0.717) is 13.1 Å².